The highest BCUT2D eigenvalue weighted by Crippen LogP contribution is 2.32. The van der Waals surface area contributed by atoms with Gasteiger partial charge in [0.25, 0.3) is 5.56 Å². The second kappa shape index (κ2) is 9.32. The number of pyridine rings is 2. The van der Waals surface area contributed by atoms with Crippen molar-refractivity contribution in [2.24, 2.45) is 5.92 Å². The van der Waals surface area contributed by atoms with Crippen LogP contribution in [0.5, 0.6) is 0 Å². The fourth-order valence-corrected chi connectivity index (χ4v) is 3.81. The molecule has 1 fully saturated rings. The molecule has 0 unspecified atom stereocenters. The van der Waals surface area contributed by atoms with Gasteiger partial charge in [0.1, 0.15) is 11.9 Å². The molecule has 2 heterocycles. The molecule has 10 heteroatoms. The van der Waals surface area contributed by atoms with Crippen LogP contribution in [0.3, 0.4) is 0 Å². The summed E-state index contributed by atoms with van der Waals surface area (Å²) in [5.41, 5.74) is -2.05. The summed E-state index contributed by atoms with van der Waals surface area (Å²) in [4.78, 5) is 40.3. The molecule has 2 aromatic heterocycles. The Kier molecular flexibility index (Phi) is 6.77. The van der Waals surface area contributed by atoms with Crippen molar-refractivity contribution in [1.29, 1.82) is 0 Å². The van der Waals surface area contributed by atoms with Crippen LogP contribution in [0.2, 0.25) is 0 Å². The van der Waals surface area contributed by atoms with Crippen molar-refractivity contribution in [3.05, 3.63) is 58.1 Å². The summed E-state index contributed by atoms with van der Waals surface area (Å²) in [6.07, 6.45) is 2.58. The Labute approximate surface area is 175 Å². The summed E-state index contributed by atoms with van der Waals surface area (Å²) in [5.74, 6) is -1.51. The van der Waals surface area contributed by atoms with Gasteiger partial charge in [0.2, 0.25) is 5.91 Å². The van der Waals surface area contributed by atoms with E-state index in [1.165, 1.54) is 12.1 Å². The molecule has 0 radical (unpaired) electrons. The van der Waals surface area contributed by atoms with Crippen molar-refractivity contribution in [3.8, 4) is 0 Å². The lowest BCUT2D eigenvalue weighted by Gasteiger charge is -2.27. The fraction of sp³-hybridized carbons (Fsp3) is 0.429. The molecule has 1 aliphatic rings. The van der Waals surface area contributed by atoms with Crippen molar-refractivity contribution in [3.63, 3.8) is 0 Å². The molecule has 0 aliphatic heterocycles. The van der Waals surface area contributed by atoms with Crippen LogP contribution in [0.4, 0.5) is 19.0 Å². The molecule has 3 rings (SSSR count). The number of carboxylic acids is 1. The highest BCUT2D eigenvalue weighted by molar-refractivity contribution is 5.93. The smallest absolute Gasteiger partial charge is 0.416 e. The summed E-state index contributed by atoms with van der Waals surface area (Å²) in [5, 5.41) is 11.5. The predicted molar refractivity (Wildman–Crippen MR) is 106 cm³/mol. The highest BCUT2D eigenvalue weighted by atomic mass is 19.4. The van der Waals surface area contributed by atoms with Crippen LogP contribution < -0.4 is 10.9 Å². The maximum Gasteiger partial charge on any atom is 0.416 e. The third-order valence-corrected chi connectivity index (χ3v) is 5.46. The number of aromatic nitrogens is 2. The molecule has 0 spiro atoms. The van der Waals surface area contributed by atoms with Crippen LogP contribution in [-0.2, 0) is 11.0 Å². The minimum Gasteiger partial charge on any atom is -0.478 e. The quantitative estimate of drug-likeness (QED) is 0.708. The van der Waals surface area contributed by atoms with E-state index >= 15 is 0 Å². The Bertz CT molecular complexity index is 996. The van der Waals surface area contributed by atoms with Gasteiger partial charge in [0.15, 0.2) is 0 Å². The molecule has 2 aromatic rings. The van der Waals surface area contributed by atoms with Crippen LogP contribution in [0.25, 0.3) is 0 Å². The van der Waals surface area contributed by atoms with E-state index in [2.05, 4.69) is 10.3 Å². The number of anilines is 1. The van der Waals surface area contributed by atoms with E-state index in [4.69, 9.17) is 5.11 Å². The van der Waals surface area contributed by atoms with E-state index in [0.29, 0.717) is 12.5 Å². The largest absolute Gasteiger partial charge is 0.478 e. The number of alkyl halides is 3. The molecule has 31 heavy (non-hydrogen) atoms. The van der Waals surface area contributed by atoms with E-state index in [1.807, 2.05) is 0 Å². The molecular weight excluding hydrogens is 415 g/mol. The average Bonchev–Trinajstić information content (AvgIpc) is 2.72. The normalized spacial score (nSPS) is 16.0. The Morgan fingerprint density at radius 2 is 1.90 bits per heavy atom. The molecule has 7 nitrogen and oxygen atoms in total. The molecule has 0 saturated heterocycles. The first-order valence-electron chi connectivity index (χ1n) is 9.95. The summed E-state index contributed by atoms with van der Waals surface area (Å²) in [7, 11) is 0. The van der Waals surface area contributed by atoms with E-state index < -0.39 is 35.2 Å². The SMILES string of the molecule is O=C(O)c1ccc(NC(=O)[C@H](CC2CCCCC2)n2ccc(C(F)(F)F)cc2=O)nc1. The number of halogens is 3. The monoisotopic (exact) mass is 437 g/mol. The Morgan fingerprint density at radius 3 is 2.45 bits per heavy atom. The van der Waals surface area contributed by atoms with Crippen LogP contribution >= 0.6 is 0 Å². The summed E-state index contributed by atoms with van der Waals surface area (Å²) >= 11 is 0. The van der Waals surface area contributed by atoms with Gasteiger partial charge >= 0.3 is 12.1 Å². The second-order valence-electron chi connectivity index (χ2n) is 7.64. The Morgan fingerprint density at radius 1 is 1.19 bits per heavy atom. The van der Waals surface area contributed by atoms with Gasteiger partial charge in [-0.25, -0.2) is 9.78 Å². The minimum atomic E-state index is -4.66. The maximum atomic E-state index is 13.0. The molecule has 2 N–H and O–H groups in total. The molecule has 0 aromatic carbocycles. The van der Waals surface area contributed by atoms with Crippen molar-refractivity contribution in [2.45, 2.75) is 50.7 Å². The number of carbonyl (C=O) groups excluding carboxylic acids is 1. The molecular formula is C21H22F3N3O4. The topological polar surface area (TPSA) is 101 Å². The van der Waals surface area contributed by atoms with Gasteiger partial charge < -0.3 is 15.0 Å². The summed E-state index contributed by atoms with van der Waals surface area (Å²) in [6.45, 7) is 0. The number of carbonyl (C=O) groups is 2. The number of amides is 1. The number of hydrogen-bond acceptors (Lipinski definition) is 4. The maximum absolute atomic E-state index is 13.0. The molecule has 1 amide bonds. The first-order chi connectivity index (χ1) is 14.6. The first-order valence-corrected chi connectivity index (χ1v) is 9.95. The number of nitrogens with zero attached hydrogens (tertiary/aromatic N) is 2. The standard InChI is InChI=1S/C21H22F3N3O4/c22-21(23,24)15-8-9-27(18(28)11-15)16(10-13-4-2-1-3-5-13)19(29)26-17-7-6-14(12-25-17)20(30)31/h6-9,11-13,16H,1-5,10H2,(H,30,31)(H,25,26,29)/t16-/m0/s1. The van der Waals surface area contributed by atoms with Gasteiger partial charge in [-0.2, -0.15) is 13.2 Å². The van der Waals surface area contributed by atoms with Crippen LogP contribution in [0.1, 0.15) is 60.5 Å². The lowest BCUT2D eigenvalue weighted by Crippen LogP contribution is -2.35. The van der Waals surface area contributed by atoms with Gasteiger partial charge in [-0.05, 0) is 30.5 Å². The number of hydrogen-bond donors (Lipinski definition) is 2. The van der Waals surface area contributed by atoms with Gasteiger partial charge in [-0.1, -0.05) is 32.1 Å². The van der Waals surface area contributed by atoms with Crippen LogP contribution in [0, 0.1) is 5.92 Å². The zero-order valence-corrected chi connectivity index (χ0v) is 16.6. The van der Waals surface area contributed by atoms with Crippen molar-refractivity contribution >= 4 is 17.7 Å². The minimum absolute atomic E-state index is 0.0595. The van der Waals surface area contributed by atoms with E-state index in [9.17, 15) is 27.6 Å². The molecule has 1 saturated carbocycles. The average molecular weight is 437 g/mol. The Hall–Kier alpha value is -3.17. The van der Waals surface area contributed by atoms with E-state index in [1.54, 1.807) is 0 Å². The third kappa shape index (κ3) is 5.71. The van der Waals surface area contributed by atoms with Crippen molar-refractivity contribution in [2.75, 3.05) is 5.32 Å². The van der Waals surface area contributed by atoms with Gasteiger partial charge in [0, 0.05) is 18.5 Å². The number of carboxylic acid groups (broad SMARTS) is 1. The molecule has 166 valence electrons. The zero-order valence-electron chi connectivity index (χ0n) is 16.6. The number of aromatic carboxylic acids is 1. The predicted octanol–water partition coefficient (Wildman–Crippen LogP) is 4.11. The molecule has 0 bridgehead atoms. The number of nitrogens with one attached hydrogen (secondary N) is 1. The second-order valence-corrected chi connectivity index (χ2v) is 7.64. The Balaban J connectivity index is 1.87. The lowest BCUT2D eigenvalue weighted by atomic mass is 9.84. The highest BCUT2D eigenvalue weighted by Gasteiger charge is 2.32. The van der Waals surface area contributed by atoms with Crippen LogP contribution in [0.15, 0.2) is 41.5 Å². The van der Waals surface area contributed by atoms with Gasteiger partial charge in [-0.15, -0.1) is 0 Å². The van der Waals surface area contributed by atoms with E-state index in [-0.39, 0.29) is 17.3 Å². The molecule has 1 atom stereocenters. The number of rotatable bonds is 6. The van der Waals surface area contributed by atoms with Gasteiger partial charge in [0.05, 0.1) is 11.1 Å². The van der Waals surface area contributed by atoms with Crippen molar-refractivity contribution in [1.82, 2.24) is 9.55 Å². The zero-order chi connectivity index (χ0) is 22.6. The lowest BCUT2D eigenvalue weighted by molar-refractivity contribution is -0.137. The summed E-state index contributed by atoms with van der Waals surface area (Å²) < 4.78 is 39.8. The first kappa shape index (κ1) is 22.5. The van der Waals surface area contributed by atoms with Crippen molar-refractivity contribution < 1.29 is 27.9 Å². The van der Waals surface area contributed by atoms with Crippen LogP contribution in [-0.4, -0.2) is 26.5 Å². The molecule has 1 aliphatic carbocycles. The third-order valence-electron chi connectivity index (χ3n) is 5.46. The summed E-state index contributed by atoms with van der Waals surface area (Å²) in [6, 6.07) is 2.84. The van der Waals surface area contributed by atoms with E-state index in [0.717, 1.165) is 55.1 Å². The van der Waals surface area contributed by atoms with Gasteiger partial charge in [-0.3, -0.25) is 9.59 Å². The fourth-order valence-electron chi connectivity index (χ4n) is 3.81.